The number of benzene rings is 1. The van der Waals surface area contributed by atoms with Crippen LogP contribution < -0.4 is 0 Å². The van der Waals surface area contributed by atoms with Crippen LogP contribution in [-0.2, 0) is 11.2 Å². The second-order valence-electron chi connectivity index (χ2n) is 5.88. The summed E-state index contributed by atoms with van der Waals surface area (Å²) in [4.78, 5) is 15.6. The van der Waals surface area contributed by atoms with Gasteiger partial charge >= 0.3 is 5.97 Å². The maximum Gasteiger partial charge on any atom is 0.354 e. The number of pyridine rings is 1. The van der Waals surface area contributed by atoms with Crippen molar-refractivity contribution >= 4 is 5.97 Å². The lowest BCUT2D eigenvalue weighted by molar-refractivity contribution is 0.0293. The van der Waals surface area contributed by atoms with Gasteiger partial charge in [-0.05, 0) is 42.2 Å². The standard InChI is InChI=1S/C17H13F2NO3/c18-8-1-3-10(13(19)5-8)11-7-14(17(21)22)20-16-12(11)6-9-2-4-15(16)23-9/h1,3,5,7,9,15H,2,4,6H2,(H,21,22)/t9-,15+/m1/s1. The van der Waals surface area contributed by atoms with Crippen LogP contribution in [0.15, 0.2) is 24.3 Å². The summed E-state index contributed by atoms with van der Waals surface area (Å²) in [6, 6.07) is 4.67. The third-order valence-corrected chi connectivity index (χ3v) is 4.44. The summed E-state index contributed by atoms with van der Waals surface area (Å²) in [7, 11) is 0. The first-order valence-corrected chi connectivity index (χ1v) is 7.41. The van der Waals surface area contributed by atoms with Gasteiger partial charge in [-0.25, -0.2) is 18.6 Å². The van der Waals surface area contributed by atoms with Gasteiger partial charge in [0.2, 0.25) is 0 Å². The van der Waals surface area contributed by atoms with Gasteiger partial charge in [0, 0.05) is 18.1 Å². The number of carbonyl (C=O) groups is 1. The van der Waals surface area contributed by atoms with E-state index in [-0.39, 0.29) is 23.5 Å². The van der Waals surface area contributed by atoms with Crippen LogP contribution in [0.3, 0.4) is 0 Å². The van der Waals surface area contributed by atoms with Crippen LogP contribution in [-0.4, -0.2) is 22.2 Å². The summed E-state index contributed by atoms with van der Waals surface area (Å²) in [5, 5.41) is 9.28. The molecule has 2 aliphatic rings. The third-order valence-electron chi connectivity index (χ3n) is 4.44. The minimum Gasteiger partial charge on any atom is -0.477 e. The van der Waals surface area contributed by atoms with Crippen molar-refractivity contribution in [2.75, 3.05) is 0 Å². The summed E-state index contributed by atoms with van der Waals surface area (Å²) in [5.74, 6) is -2.57. The van der Waals surface area contributed by atoms with Gasteiger partial charge < -0.3 is 9.84 Å². The van der Waals surface area contributed by atoms with Crippen molar-refractivity contribution in [1.82, 2.24) is 4.98 Å². The molecule has 0 aliphatic carbocycles. The number of halogens is 2. The molecule has 1 saturated heterocycles. The van der Waals surface area contributed by atoms with Crippen LogP contribution in [0.4, 0.5) is 8.78 Å². The Labute approximate surface area is 130 Å². The number of ether oxygens (including phenoxy) is 1. The normalized spacial score (nSPS) is 22.0. The predicted molar refractivity (Wildman–Crippen MR) is 77.1 cm³/mol. The minimum atomic E-state index is -1.18. The van der Waals surface area contributed by atoms with E-state index >= 15 is 0 Å². The molecule has 0 saturated carbocycles. The Bertz CT molecular complexity index is 822. The maximum absolute atomic E-state index is 14.2. The van der Waals surface area contributed by atoms with Crippen LogP contribution in [0.25, 0.3) is 11.1 Å². The maximum atomic E-state index is 14.2. The molecule has 118 valence electrons. The van der Waals surface area contributed by atoms with Gasteiger partial charge in [-0.3, -0.25) is 0 Å². The van der Waals surface area contributed by atoms with Crippen LogP contribution in [0.2, 0.25) is 0 Å². The van der Waals surface area contributed by atoms with Gasteiger partial charge in [-0.1, -0.05) is 0 Å². The Morgan fingerprint density at radius 1 is 1.22 bits per heavy atom. The summed E-state index contributed by atoms with van der Waals surface area (Å²) in [5.41, 5.74) is 1.87. The molecular weight excluding hydrogens is 304 g/mol. The van der Waals surface area contributed by atoms with Gasteiger partial charge in [0.15, 0.2) is 0 Å². The first-order valence-electron chi connectivity index (χ1n) is 7.41. The molecule has 6 heteroatoms. The molecule has 2 aliphatic heterocycles. The lowest BCUT2D eigenvalue weighted by Crippen LogP contribution is -2.21. The fourth-order valence-corrected chi connectivity index (χ4v) is 3.41. The number of aromatic carboxylic acids is 1. The Morgan fingerprint density at radius 3 is 2.78 bits per heavy atom. The molecule has 1 aromatic heterocycles. The van der Waals surface area contributed by atoms with Crippen molar-refractivity contribution in [3.05, 3.63) is 52.9 Å². The molecule has 1 N–H and O–H groups in total. The summed E-state index contributed by atoms with van der Waals surface area (Å²) in [6.45, 7) is 0. The van der Waals surface area contributed by atoms with Gasteiger partial charge in [-0.2, -0.15) is 0 Å². The number of rotatable bonds is 2. The monoisotopic (exact) mass is 317 g/mol. The first kappa shape index (κ1) is 14.3. The molecule has 3 heterocycles. The van der Waals surface area contributed by atoms with Crippen LogP contribution in [0, 0.1) is 11.6 Å². The number of nitrogens with zero attached hydrogens (tertiary/aromatic N) is 1. The molecule has 23 heavy (non-hydrogen) atoms. The number of carboxylic acids is 1. The quantitative estimate of drug-likeness (QED) is 0.921. The highest BCUT2D eigenvalue weighted by molar-refractivity contribution is 5.88. The Balaban J connectivity index is 1.97. The molecule has 2 aromatic rings. The number of carboxylic acid groups (broad SMARTS) is 1. The summed E-state index contributed by atoms with van der Waals surface area (Å²) in [6.07, 6.45) is 2.01. The highest BCUT2D eigenvalue weighted by Crippen LogP contribution is 2.43. The highest BCUT2D eigenvalue weighted by atomic mass is 19.1. The number of aromatic nitrogens is 1. The molecule has 2 atom stereocenters. The van der Waals surface area contributed by atoms with Crippen molar-refractivity contribution < 1.29 is 23.4 Å². The molecule has 0 amide bonds. The minimum absolute atomic E-state index is 0.0484. The van der Waals surface area contributed by atoms with E-state index in [1.165, 1.54) is 18.2 Å². The highest BCUT2D eigenvalue weighted by Gasteiger charge is 2.37. The van der Waals surface area contributed by atoms with Gasteiger partial charge in [-0.15, -0.1) is 0 Å². The molecular formula is C17H13F2NO3. The van der Waals surface area contributed by atoms with Gasteiger partial charge in [0.05, 0.1) is 11.8 Å². The first-order chi connectivity index (χ1) is 11.0. The van der Waals surface area contributed by atoms with Crippen molar-refractivity contribution in [3.63, 3.8) is 0 Å². The SMILES string of the molecule is O=C(O)c1cc(-c2ccc(F)cc2F)c2c(n1)[C@@H]1CC[C@H](C2)O1. The Morgan fingerprint density at radius 2 is 2.04 bits per heavy atom. The second kappa shape index (κ2) is 5.09. The van der Waals surface area contributed by atoms with E-state index in [1.807, 2.05) is 0 Å². The topological polar surface area (TPSA) is 59.4 Å². The summed E-state index contributed by atoms with van der Waals surface area (Å²) >= 11 is 0. The average molecular weight is 317 g/mol. The van der Waals surface area contributed by atoms with E-state index in [2.05, 4.69) is 4.98 Å². The molecule has 0 spiro atoms. The van der Waals surface area contributed by atoms with Crippen LogP contribution in [0.1, 0.15) is 40.7 Å². The second-order valence-corrected chi connectivity index (χ2v) is 5.88. The third kappa shape index (κ3) is 2.30. The molecule has 0 unspecified atom stereocenters. The number of hydrogen-bond donors (Lipinski definition) is 1. The number of hydrogen-bond acceptors (Lipinski definition) is 3. The Kier molecular flexibility index (Phi) is 3.16. The lowest BCUT2D eigenvalue weighted by Gasteiger charge is -2.25. The zero-order valence-electron chi connectivity index (χ0n) is 12.1. The van der Waals surface area contributed by atoms with Crippen molar-refractivity contribution in [3.8, 4) is 11.1 Å². The largest absolute Gasteiger partial charge is 0.477 e. The van der Waals surface area contributed by atoms with Crippen LogP contribution >= 0.6 is 0 Å². The molecule has 1 aromatic carbocycles. The van der Waals surface area contributed by atoms with Gasteiger partial charge in [0.1, 0.15) is 23.4 Å². The molecule has 2 bridgehead atoms. The average Bonchev–Trinajstić information content (AvgIpc) is 2.89. The van der Waals surface area contributed by atoms with E-state index in [0.29, 0.717) is 17.7 Å². The summed E-state index contributed by atoms with van der Waals surface area (Å²) < 4.78 is 33.2. The fourth-order valence-electron chi connectivity index (χ4n) is 3.41. The molecule has 4 rings (SSSR count). The van der Waals surface area contributed by atoms with Crippen molar-refractivity contribution in [2.45, 2.75) is 31.5 Å². The fraction of sp³-hybridized carbons (Fsp3) is 0.294. The predicted octanol–water partition coefficient (Wildman–Crippen LogP) is 3.50. The van der Waals surface area contributed by atoms with Crippen molar-refractivity contribution in [2.24, 2.45) is 0 Å². The molecule has 1 fully saturated rings. The molecule has 4 nitrogen and oxygen atoms in total. The van der Waals surface area contributed by atoms with E-state index in [0.717, 1.165) is 24.5 Å². The lowest BCUT2D eigenvalue weighted by atomic mass is 9.92. The van der Waals surface area contributed by atoms with Gasteiger partial charge in [0.25, 0.3) is 0 Å². The van der Waals surface area contributed by atoms with Crippen molar-refractivity contribution in [1.29, 1.82) is 0 Å². The van der Waals surface area contributed by atoms with E-state index < -0.39 is 17.6 Å². The smallest absolute Gasteiger partial charge is 0.354 e. The van der Waals surface area contributed by atoms with E-state index in [1.54, 1.807) is 0 Å². The zero-order valence-corrected chi connectivity index (χ0v) is 12.1. The van der Waals surface area contributed by atoms with E-state index in [9.17, 15) is 18.7 Å². The zero-order chi connectivity index (χ0) is 16.1. The number of fused-ring (bicyclic) bond motifs is 4. The molecule has 0 radical (unpaired) electrons. The van der Waals surface area contributed by atoms with E-state index in [4.69, 9.17) is 4.74 Å². The Hall–Kier alpha value is -2.34. The van der Waals surface area contributed by atoms with Crippen LogP contribution in [0.5, 0.6) is 0 Å².